The maximum Gasteiger partial charge on any atom is 0.228 e. The van der Waals surface area contributed by atoms with Crippen molar-refractivity contribution in [2.75, 3.05) is 5.32 Å². The molecule has 0 saturated heterocycles. The molecule has 0 atom stereocenters. The summed E-state index contributed by atoms with van der Waals surface area (Å²) in [6.07, 6.45) is 0.169. The maximum atomic E-state index is 12.4. The standard InChI is InChI=1S/C21H22N2O3S2/c1-14(2)28(25,26)19-9-7-16(8-10-19)11-21(24)23-18-6-4-5-17(12-18)20-13-27-15(3)22-20/h4-10,12-14H,11H2,1-3H3,(H,23,24). The predicted octanol–water partition coefficient (Wildman–Crippen LogP) is 4.48. The number of thiazole rings is 1. The lowest BCUT2D eigenvalue weighted by Gasteiger charge is -2.09. The number of sulfone groups is 1. The lowest BCUT2D eigenvalue weighted by molar-refractivity contribution is -0.115. The average Bonchev–Trinajstić information content (AvgIpc) is 3.08. The van der Waals surface area contributed by atoms with Gasteiger partial charge in [-0.05, 0) is 50.6 Å². The number of carbonyl (C=O) groups is 1. The Labute approximate surface area is 169 Å². The van der Waals surface area contributed by atoms with Gasteiger partial charge in [0.25, 0.3) is 0 Å². The van der Waals surface area contributed by atoms with Gasteiger partial charge in [-0.1, -0.05) is 24.3 Å². The highest BCUT2D eigenvalue weighted by atomic mass is 32.2. The van der Waals surface area contributed by atoms with Gasteiger partial charge < -0.3 is 5.32 Å². The van der Waals surface area contributed by atoms with E-state index in [-0.39, 0.29) is 17.2 Å². The number of nitrogens with zero attached hydrogens (tertiary/aromatic N) is 1. The summed E-state index contributed by atoms with van der Waals surface area (Å²) in [5.74, 6) is -0.161. The molecule has 0 aliphatic carbocycles. The molecule has 0 fully saturated rings. The van der Waals surface area contributed by atoms with Gasteiger partial charge in [0.1, 0.15) is 0 Å². The number of hydrogen-bond acceptors (Lipinski definition) is 5. The summed E-state index contributed by atoms with van der Waals surface area (Å²) < 4.78 is 24.3. The number of nitrogens with one attached hydrogen (secondary N) is 1. The van der Waals surface area contributed by atoms with Crippen LogP contribution in [0.1, 0.15) is 24.4 Å². The minimum absolute atomic E-state index is 0.161. The van der Waals surface area contributed by atoms with E-state index in [2.05, 4.69) is 10.3 Å². The molecule has 28 heavy (non-hydrogen) atoms. The Hall–Kier alpha value is -2.51. The van der Waals surface area contributed by atoms with Gasteiger partial charge in [0, 0.05) is 16.6 Å². The number of hydrogen-bond donors (Lipinski definition) is 1. The molecular formula is C21H22N2O3S2. The first-order valence-corrected chi connectivity index (χ1v) is 11.3. The number of carbonyl (C=O) groups excluding carboxylic acids is 1. The highest BCUT2D eigenvalue weighted by Gasteiger charge is 2.18. The Morgan fingerprint density at radius 1 is 1.14 bits per heavy atom. The van der Waals surface area contributed by atoms with E-state index >= 15 is 0 Å². The molecule has 3 aromatic rings. The summed E-state index contributed by atoms with van der Waals surface area (Å²) in [7, 11) is -3.31. The minimum Gasteiger partial charge on any atom is -0.326 e. The number of anilines is 1. The van der Waals surface area contributed by atoms with E-state index in [9.17, 15) is 13.2 Å². The van der Waals surface area contributed by atoms with Crippen LogP contribution in [0.5, 0.6) is 0 Å². The Morgan fingerprint density at radius 2 is 1.86 bits per heavy atom. The van der Waals surface area contributed by atoms with E-state index in [1.54, 1.807) is 49.4 Å². The molecule has 1 heterocycles. The highest BCUT2D eigenvalue weighted by Crippen LogP contribution is 2.24. The largest absolute Gasteiger partial charge is 0.326 e. The first-order chi connectivity index (χ1) is 13.3. The van der Waals surface area contributed by atoms with Gasteiger partial charge in [0.05, 0.1) is 27.3 Å². The number of amides is 1. The second-order valence-electron chi connectivity index (χ2n) is 6.80. The molecule has 1 N–H and O–H groups in total. The number of rotatable bonds is 6. The predicted molar refractivity (Wildman–Crippen MR) is 113 cm³/mol. The van der Waals surface area contributed by atoms with Crippen molar-refractivity contribution in [2.24, 2.45) is 0 Å². The zero-order valence-electron chi connectivity index (χ0n) is 16.0. The second kappa shape index (κ2) is 8.24. The Balaban J connectivity index is 1.68. The molecule has 0 saturated carbocycles. The molecule has 3 rings (SSSR count). The number of benzene rings is 2. The smallest absolute Gasteiger partial charge is 0.228 e. The molecule has 0 unspecified atom stereocenters. The van der Waals surface area contributed by atoms with E-state index in [0.717, 1.165) is 21.8 Å². The molecule has 1 aromatic heterocycles. The quantitative estimate of drug-likeness (QED) is 0.645. The van der Waals surface area contributed by atoms with Crippen molar-refractivity contribution in [3.05, 3.63) is 64.5 Å². The first-order valence-electron chi connectivity index (χ1n) is 8.91. The lowest BCUT2D eigenvalue weighted by Crippen LogP contribution is -2.15. The fourth-order valence-electron chi connectivity index (χ4n) is 2.71. The van der Waals surface area contributed by atoms with Crippen LogP contribution >= 0.6 is 11.3 Å². The molecule has 0 aliphatic rings. The van der Waals surface area contributed by atoms with E-state index < -0.39 is 15.1 Å². The van der Waals surface area contributed by atoms with Crippen LogP contribution < -0.4 is 5.32 Å². The minimum atomic E-state index is -3.31. The van der Waals surface area contributed by atoms with Crippen LogP contribution in [0.25, 0.3) is 11.3 Å². The van der Waals surface area contributed by atoms with Gasteiger partial charge in [-0.3, -0.25) is 4.79 Å². The Morgan fingerprint density at radius 3 is 2.46 bits per heavy atom. The van der Waals surface area contributed by atoms with E-state index in [1.165, 1.54) is 0 Å². The third-order valence-electron chi connectivity index (χ3n) is 4.30. The molecule has 0 radical (unpaired) electrons. The highest BCUT2D eigenvalue weighted by molar-refractivity contribution is 7.92. The van der Waals surface area contributed by atoms with Crippen LogP contribution in [-0.2, 0) is 21.1 Å². The van der Waals surface area contributed by atoms with Gasteiger partial charge in [-0.15, -0.1) is 11.3 Å². The molecule has 0 spiro atoms. The first kappa shape index (κ1) is 20.2. The number of aryl methyl sites for hydroxylation is 1. The SMILES string of the molecule is Cc1nc(-c2cccc(NC(=O)Cc3ccc(S(=O)(=O)C(C)C)cc3)c2)cs1. The van der Waals surface area contributed by atoms with Crippen molar-refractivity contribution < 1.29 is 13.2 Å². The van der Waals surface area contributed by atoms with Crippen LogP contribution in [0.2, 0.25) is 0 Å². The second-order valence-corrected chi connectivity index (χ2v) is 10.4. The zero-order chi connectivity index (χ0) is 20.3. The maximum absolute atomic E-state index is 12.4. The summed E-state index contributed by atoms with van der Waals surface area (Å²) in [4.78, 5) is 17.1. The van der Waals surface area contributed by atoms with Crippen molar-refractivity contribution in [3.8, 4) is 11.3 Å². The van der Waals surface area contributed by atoms with Crippen LogP contribution in [-0.4, -0.2) is 24.6 Å². The molecule has 5 nitrogen and oxygen atoms in total. The summed E-state index contributed by atoms with van der Waals surface area (Å²) in [6, 6.07) is 14.0. The fourth-order valence-corrected chi connectivity index (χ4v) is 4.39. The zero-order valence-corrected chi connectivity index (χ0v) is 17.6. The Kier molecular flexibility index (Phi) is 5.96. The molecule has 0 bridgehead atoms. The summed E-state index contributed by atoms with van der Waals surface area (Å²) in [5, 5.41) is 5.39. The third-order valence-corrected chi connectivity index (χ3v) is 7.24. The van der Waals surface area contributed by atoms with E-state index in [1.807, 2.05) is 36.6 Å². The molecule has 7 heteroatoms. The van der Waals surface area contributed by atoms with Gasteiger partial charge in [-0.2, -0.15) is 0 Å². The topological polar surface area (TPSA) is 76.1 Å². The molecule has 0 aliphatic heterocycles. The van der Waals surface area contributed by atoms with Gasteiger partial charge in [-0.25, -0.2) is 13.4 Å². The van der Waals surface area contributed by atoms with E-state index in [0.29, 0.717) is 5.69 Å². The average molecular weight is 415 g/mol. The van der Waals surface area contributed by atoms with Crippen LogP contribution in [0.15, 0.2) is 58.8 Å². The van der Waals surface area contributed by atoms with Crippen molar-refractivity contribution in [2.45, 2.75) is 37.3 Å². The van der Waals surface area contributed by atoms with Gasteiger partial charge in [0.15, 0.2) is 9.84 Å². The molecule has 2 aromatic carbocycles. The van der Waals surface area contributed by atoms with Crippen molar-refractivity contribution in [1.82, 2.24) is 4.98 Å². The van der Waals surface area contributed by atoms with Crippen molar-refractivity contribution >= 4 is 32.8 Å². The third kappa shape index (κ3) is 4.66. The van der Waals surface area contributed by atoms with Crippen LogP contribution in [0, 0.1) is 6.92 Å². The van der Waals surface area contributed by atoms with Crippen LogP contribution in [0.4, 0.5) is 5.69 Å². The van der Waals surface area contributed by atoms with Gasteiger partial charge >= 0.3 is 0 Å². The normalized spacial score (nSPS) is 11.6. The molecular weight excluding hydrogens is 392 g/mol. The summed E-state index contributed by atoms with van der Waals surface area (Å²) in [5.41, 5.74) is 3.30. The summed E-state index contributed by atoms with van der Waals surface area (Å²) in [6.45, 7) is 5.26. The molecule has 146 valence electrons. The number of aromatic nitrogens is 1. The van der Waals surface area contributed by atoms with Crippen molar-refractivity contribution in [1.29, 1.82) is 0 Å². The fraction of sp³-hybridized carbons (Fsp3) is 0.238. The van der Waals surface area contributed by atoms with Crippen molar-refractivity contribution in [3.63, 3.8) is 0 Å². The monoisotopic (exact) mass is 414 g/mol. The Bertz CT molecular complexity index is 1080. The summed E-state index contributed by atoms with van der Waals surface area (Å²) >= 11 is 1.58. The lowest BCUT2D eigenvalue weighted by atomic mass is 10.1. The van der Waals surface area contributed by atoms with Crippen LogP contribution in [0.3, 0.4) is 0 Å². The van der Waals surface area contributed by atoms with E-state index in [4.69, 9.17) is 0 Å². The molecule has 1 amide bonds. The van der Waals surface area contributed by atoms with Gasteiger partial charge in [0.2, 0.25) is 5.91 Å².